The summed E-state index contributed by atoms with van der Waals surface area (Å²) in [7, 11) is 1.74. The lowest BCUT2D eigenvalue weighted by atomic mass is 10.0. The summed E-state index contributed by atoms with van der Waals surface area (Å²) in [5.41, 5.74) is 8.59. The molecule has 3 N–H and O–H groups in total. The molecule has 2 heterocycles. The highest BCUT2D eigenvalue weighted by atomic mass is 35.5. The fourth-order valence-corrected chi connectivity index (χ4v) is 2.24. The molecule has 0 aliphatic heterocycles. The van der Waals surface area contributed by atoms with Crippen LogP contribution in [0.5, 0.6) is 0 Å². The van der Waals surface area contributed by atoms with E-state index in [0.29, 0.717) is 22.8 Å². The maximum Gasteiger partial charge on any atom is 0.132 e. The maximum atomic E-state index is 10.3. The lowest BCUT2D eigenvalue weighted by Crippen LogP contribution is -2.06. The number of aliphatic hydroxyl groups is 1. The minimum atomic E-state index is -0.738. The van der Waals surface area contributed by atoms with Crippen molar-refractivity contribution in [3.05, 3.63) is 40.4 Å². The number of anilines is 1. The van der Waals surface area contributed by atoms with Crippen LogP contribution >= 0.6 is 11.6 Å². The van der Waals surface area contributed by atoms with Gasteiger partial charge in [0.25, 0.3) is 0 Å². The van der Waals surface area contributed by atoms with Crippen LogP contribution in [0.2, 0.25) is 5.15 Å². The molecule has 2 rings (SSSR count). The Bertz CT molecular complexity index is 567. The average Bonchev–Trinajstić information content (AvgIpc) is 2.56. The molecule has 0 radical (unpaired) electrons. The average molecular weight is 267 g/mol. The van der Waals surface area contributed by atoms with Crippen molar-refractivity contribution in [1.82, 2.24) is 14.8 Å². The van der Waals surface area contributed by atoms with Gasteiger partial charge in [-0.25, -0.2) is 0 Å². The van der Waals surface area contributed by atoms with Crippen LogP contribution in [-0.2, 0) is 13.5 Å². The Morgan fingerprint density at radius 1 is 1.56 bits per heavy atom. The van der Waals surface area contributed by atoms with Gasteiger partial charge in [0, 0.05) is 37.1 Å². The van der Waals surface area contributed by atoms with E-state index in [-0.39, 0.29) is 0 Å². The summed E-state index contributed by atoms with van der Waals surface area (Å²) in [5, 5.41) is 14.9. The molecule has 1 atom stereocenters. The van der Waals surface area contributed by atoms with Crippen molar-refractivity contribution in [1.29, 1.82) is 0 Å². The first-order valence-electron chi connectivity index (χ1n) is 5.56. The van der Waals surface area contributed by atoms with E-state index in [1.54, 1.807) is 30.2 Å². The Morgan fingerprint density at radius 3 is 2.83 bits per heavy atom. The highest BCUT2D eigenvalue weighted by molar-refractivity contribution is 6.30. The van der Waals surface area contributed by atoms with Crippen LogP contribution in [0.25, 0.3) is 0 Å². The molecule has 0 bridgehead atoms. The summed E-state index contributed by atoms with van der Waals surface area (Å²) >= 11 is 6.11. The van der Waals surface area contributed by atoms with E-state index in [9.17, 15) is 5.11 Å². The van der Waals surface area contributed by atoms with Crippen molar-refractivity contribution in [2.75, 3.05) is 5.73 Å². The van der Waals surface area contributed by atoms with E-state index in [1.165, 1.54) is 0 Å². The topological polar surface area (TPSA) is 77.0 Å². The first-order valence-corrected chi connectivity index (χ1v) is 5.94. The quantitative estimate of drug-likeness (QED) is 0.885. The van der Waals surface area contributed by atoms with Crippen molar-refractivity contribution in [3.63, 3.8) is 0 Å². The Morgan fingerprint density at radius 2 is 2.28 bits per heavy atom. The summed E-state index contributed by atoms with van der Waals surface area (Å²) in [6, 6.07) is 1.71. The van der Waals surface area contributed by atoms with Crippen LogP contribution in [0, 0.1) is 6.92 Å². The number of nitrogens with zero attached hydrogens (tertiary/aromatic N) is 3. The van der Waals surface area contributed by atoms with E-state index in [1.807, 2.05) is 6.92 Å². The standard InChI is InChI=1S/C12H15ClN4O/c1-7-11(12(13)17(2)16-7)10(18)5-8-6-15-4-3-9(8)14/h3-4,6,10,18H,5H2,1-2H3,(H2,14,15). The summed E-state index contributed by atoms with van der Waals surface area (Å²) in [6.45, 7) is 1.82. The van der Waals surface area contributed by atoms with E-state index in [4.69, 9.17) is 17.3 Å². The fraction of sp³-hybridized carbons (Fsp3) is 0.333. The molecule has 0 fully saturated rings. The Hall–Kier alpha value is -1.59. The highest BCUT2D eigenvalue weighted by Crippen LogP contribution is 2.29. The zero-order valence-corrected chi connectivity index (χ0v) is 11.0. The summed E-state index contributed by atoms with van der Waals surface area (Å²) in [5.74, 6) is 0. The van der Waals surface area contributed by atoms with Gasteiger partial charge in [-0.2, -0.15) is 5.10 Å². The van der Waals surface area contributed by atoms with Crippen molar-refractivity contribution < 1.29 is 5.11 Å². The van der Waals surface area contributed by atoms with Crippen LogP contribution in [-0.4, -0.2) is 19.9 Å². The number of halogens is 1. The van der Waals surface area contributed by atoms with Gasteiger partial charge in [0.15, 0.2) is 0 Å². The van der Waals surface area contributed by atoms with Crippen LogP contribution in [0.1, 0.15) is 22.9 Å². The second-order valence-corrected chi connectivity index (χ2v) is 4.57. The lowest BCUT2D eigenvalue weighted by Gasteiger charge is -2.12. The van der Waals surface area contributed by atoms with Gasteiger partial charge in [-0.15, -0.1) is 0 Å². The smallest absolute Gasteiger partial charge is 0.132 e. The molecule has 1 unspecified atom stereocenters. The number of pyridine rings is 1. The predicted molar refractivity (Wildman–Crippen MR) is 70.3 cm³/mol. The first kappa shape index (κ1) is 12.9. The third-order valence-corrected chi connectivity index (χ3v) is 3.33. The molecule has 0 saturated carbocycles. The predicted octanol–water partition coefficient (Wildman–Crippen LogP) is 1.64. The Kier molecular flexibility index (Phi) is 3.54. The van der Waals surface area contributed by atoms with Crippen molar-refractivity contribution in [3.8, 4) is 0 Å². The molecule has 0 aromatic carbocycles. The number of nitrogen functional groups attached to an aromatic ring is 1. The molecule has 5 nitrogen and oxygen atoms in total. The van der Waals surface area contributed by atoms with Crippen LogP contribution in [0.3, 0.4) is 0 Å². The maximum absolute atomic E-state index is 10.3. The normalized spacial score (nSPS) is 12.7. The van der Waals surface area contributed by atoms with Gasteiger partial charge in [0.05, 0.1) is 11.8 Å². The molecule has 0 spiro atoms. The van der Waals surface area contributed by atoms with Gasteiger partial charge in [-0.3, -0.25) is 9.67 Å². The third-order valence-electron chi connectivity index (χ3n) is 2.88. The summed E-state index contributed by atoms with van der Waals surface area (Å²) < 4.78 is 1.54. The number of hydrogen-bond acceptors (Lipinski definition) is 4. The molecule has 96 valence electrons. The molecule has 0 amide bonds. The number of rotatable bonds is 3. The lowest BCUT2D eigenvalue weighted by molar-refractivity contribution is 0.178. The minimum Gasteiger partial charge on any atom is -0.398 e. The molecule has 2 aromatic heterocycles. The Labute approximate surface area is 110 Å². The van der Waals surface area contributed by atoms with E-state index in [0.717, 1.165) is 11.3 Å². The second kappa shape index (κ2) is 4.96. The van der Waals surface area contributed by atoms with Crippen LogP contribution < -0.4 is 5.73 Å². The molecular formula is C12H15ClN4O. The third kappa shape index (κ3) is 2.32. The first-order chi connectivity index (χ1) is 8.50. The molecule has 2 aromatic rings. The van der Waals surface area contributed by atoms with Gasteiger partial charge >= 0.3 is 0 Å². The minimum absolute atomic E-state index is 0.367. The zero-order valence-electron chi connectivity index (χ0n) is 10.3. The largest absolute Gasteiger partial charge is 0.398 e. The van der Waals surface area contributed by atoms with Gasteiger partial charge in [-0.05, 0) is 18.6 Å². The molecule has 18 heavy (non-hydrogen) atoms. The highest BCUT2D eigenvalue weighted by Gasteiger charge is 2.20. The van der Waals surface area contributed by atoms with Crippen LogP contribution in [0.15, 0.2) is 18.5 Å². The zero-order chi connectivity index (χ0) is 13.3. The second-order valence-electron chi connectivity index (χ2n) is 4.21. The molecule has 6 heteroatoms. The van der Waals surface area contributed by atoms with E-state index >= 15 is 0 Å². The molecule has 0 saturated heterocycles. The molecule has 0 aliphatic rings. The molecular weight excluding hydrogens is 252 g/mol. The van der Waals surface area contributed by atoms with E-state index < -0.39 is 6.10 Å². The van der Waals surface area contributed by atoms with Gasteiger partial charge in [-0.1, -0.05) is 11.6 Å². The van der Waals surface area contributed by atoms with Crippen molar-refractivity contribution in [2.24, 2.45) is 7.05 Å². The van der Waals surface area contributed by atoms with Gasteiger partial charge in [0.2, 0.25) is 0 Å². The summed E-state index contributed by atoms with van der Waals surface area (Å²) in [4.78, 5) is 4.00. The Balaban J connectivity index is 2.28. The number of aromatic nitrogens is 3. The number of aryl methyl sites for hydroxylation is 2. The SMILES string of the molecule is Cc1nn(C)c(Cl)c1C(O)Cc1cnccc1N. The fourth-order valence-electron chi connectivity index (χ4n) is 1.94. The number of hydrogen-bond donors (Lipinski definition) is 2. The van der Waals surface area contributed by atoms with Crippen molar-refractivity contribution >= 4 is 17.3 Å². The van der Waals surface area contributed by atoms with Crippen LogP contribution in [0.4, 0.5) is 5.69 Å². The van der Waals surface area contributed by atoms with Gasteiger partial charge < -0.3 is 10.8 Å². The van der Waals surface area contributed by atoms with E-state index in [2.05, 4.69) is 10.1 Å². The number of aliphatic hydroxyl groups excluding tert-OH is 1. The number of nitrogens with two attached hydrogens (primary N) is 1. The van der Waals surface area contributed by atoms with Gasteiger partial charge in [0.1, 0.15) is 5.15 Å². The monoisotopic (exact) mass is 266 g/mol. The van der Waals surface area contributed by atoms with Crippen molar-refractivity contribution in [2.45, 2.75) is 19.4 Å². The molecule has 0 aliphatic carbocycles. The summed E-state index contributed by atoms with van der Waals surface area (Å²) in [6.07, 6.45) is 2.90.